The van der Waals surface area contributed by atoms with Gasteiger partial charge in [0.05, 0.1) is 11.6 Å². The van der Waals surface area contributed by atoms with Crippen LogP contribution < -0.4 is 5.32 Å². The minimum atomic E-state index is -5.00. The molecule has 0 radical (unpaired) electrons. The number of likely N-dealkylation sites (tertiary alicyclic amines) is 1. The highest BCUT2D eigenvalue weighted by Gasteiger charge is 2.46. The number of rotatable bonds is 3. The van der Waals surface area contributed by atoms with Crippen LogP contribution in [-0.4, -0.2) is 36.6 Å². The topological polar surface area (TPSA) is 32.3 Å². The summed E-state index contributed by atoms with van der Waals surface area (Å²) in [7, 11) is 1.61. The highest BCUT2D eigenvalue weighted by molar-refractivity contribution is 5.82. The van der Waals surface area contributed by atoms with Crippen LogP contribution in [-0.2, 0) is 4.79 Å². The Balaban J connectivity index is 2.30. The molecule has 1 saturated heterocycles. The van der Waals surface area contributed by atoms with Gasteiger partial charge >= 0.3 is 6.18 Å². The lowest BCUT2D eigenvalue weighted by Gasteiger charge is -2.26. The van der Waals surface area contributed by atoms with Crippen LogP contribution in [0.25, 0.3) is 0 Å². The molecular formula is C14H15F5N2O. The van der Waals surface area contributed by atoms with E-state index in [1.54, 1.807) is 17.3 Å². The van der Waals surface area contributed by atoms with Crippen molar-refractivity contribution in [1.82, 2.24) is 10.2 Å². The molecule has 2 rings (SSSR count). The summed E-state index contributed by atoms with van der Waals surface area (Å²) >= 11 is 0. The molecule has 0 saturated carbocycles. The zero-order valence-corrected chi connectivity index (χ0v) is 11.8. The van der Waals surface area contributed by atoms with E-state index in [0.717, 1.165) is 18.2 Å². The minimum absolute atomic E-state index is 0.409. The zero-order chi connectivity index (χ0) is 16.5. The Kier molecular flexibility index (Phi) is 4.69. The first-order valence-corrected chi connectivity index (χ1v) is 6.73. The second kappa shape index (κ2) is 6.20. The minimum Gasteiger partial charge on any atom is -0.339 e. The van der Waals surface area contributed by atoms with E-state index in [0.29, 0.717) is 19.4 Å². The van der Waals surface area contributed by atoms with Crippen molar-refractivity contribution in [3.8, 4) is 0 Å². The second-order valence-corrected chi connectivity index (χ2v) is 5.26. The maximum atomic E-state index is 13.6. The van der Waals surface area contributed by atoms with Gasteiger partial charge in [0, 0.05) is 0 Å². The van der Waals surface area contributed by atoms with Gasteiger partial charge in [-0.3, -0.25) is 9.69 Å². The Morgan fingerprint density at radius 3 is 2.36 bits per heavy atom. The maximum absolute atomic E-state index is 13.6. The van der Waals surface area contributed by atoms with Gasteiger partial charge < -0.3 is 5.32 Å². The highest BCUT2D eigenvalue weighted by atomic mass is 19.4. The number of benzene rings is 1. The third-order valence-corrected chi connectivity index (χ3v) is 3.73. The van der Waals surface area contributed by atoms with Gasteiger partial charge in [-0.2, -0.15) is 13.2 Å². The van der Waals surface area contributed by atoms with Crippen LogP contribution in [0.2, 0.25) is 0 Å². The van der Waals surface area contributed by atoms with E-state index in [9.17, 15) is 26.7 Å². The normalized spacial score (nSPS) is 20.9. The number of carbonyl (C=O) groups excluding carboxylic acids is 1. The molecule has 8 heteroatoms. The third kappa shape index (κ3) is 3.37. The smallest absolute Gasteiger partial charge is 0.339 e. The number of halogens is 5. The Labute approximate surface area is 124 Å². The molecule has 1 aliphatic rings. The van der Waals surface area contributed by atoms with Crippen LogP contribution in [0.15, 0.2) is 18.2 Å². The summed E-state index contributed by atoms with van der Waals surface area (Å²) in [6.07, 6.45) is -3.91. The lowest BCUT2D eigenvalue weighted by molar-refractivity contribution is -0.165. The van der Waals surface area contributed by atoms with Crippen LogP contribution in [0.5, 0.6) is 0 Å². The first kappa shape index (κ1) is 16.7. The number of carbonyl (C=O) groups is 1. The highest BCUT2D eigenvalue weighted by Crippen LogP contribution is 2.35. The Hall–Kier alpha value is -1.70. The fraction of sp³-hybridized carbons (Fsp3) is 0.500. The summed E-state index contributed by atoms with van der Waals surface area (Å²) in [4.78, 5) is 13.6. The molecule has 2 atom stereocenters. The summed E-state index contributed by atoms with van der Waals surface area (Å²) in [6.45, 7) is 0.586. The predicted octanol–water partition coefficient (Wildman–Crippen LogP) is 2.78. The van der Waals surface area contributed by atoms with Crippen LogP contribution >= 0.6 is 0 Å². The van der Waals surface area contributed by atoms with Gasteiger partial charge in [0.2, 0.25) is 5.91 Å². The van der Waals surface area contributed by atoms with Gasteiger partial charge in [0.15, 0.2) is 6.04 Å². The van der Waals surface area contributed by atoms with Crippen LogP contribution in [0, 0.1) is 11.6 Å². The standard InChI is InChI=1S/C14H15F5N2O/c1-21-7-3-6-10(21)13(22)20-12(14(17,18)19)11-8(15)4-2-5-9(11)16/h2,4-5,10,12H,3,6-7H2,1H3,(H,20,22)/t10-,12-/m0/s1. The lowest BCUT2D eigenvalue weighted by Crippen LogP contribution is -2.47. The van der Waals surface area contributed by atoms with Crippen molar-refractivity contribution in [2.24, 2.45) is 0 Å². The number of nitrogens with one attached hydrogen (secondary N) is 1. The van der Waals surface area contributed by atoms with Crippen molar-refractivity contribution in [2.45, 2.75) is 31.1 Å². The molecule has 1 aromatic carbocycles. The SMILES string of the molecule is CN1CCC[C@H]1C(=O)N[C@@H](c1c(F)cccc1F)C(F)(F)F. The molecule has 0 bridgehead atoms. The number of amides is 1. The van der Waals surface area contributed by atoms with Crippen LogP contribution in [0.3, 0.4) is 0 Å². The van der Waals surface area contributed by atoms with Crippen molar-refractivity contribution in [1.29, 1.82) is 0 Å². The average Bonchev–Trinajstić information content (AvgIpc) is 2.82. The van der Waals surface area contributed by atoms with Crippen molar-refractivity contribution < 1.29 is 26.7 Å². The van der Waals surface area contributed by atoms with Gasteiger partial charge in [-0.15, -0.1) is 0 Å². The summed E-state index contributed by atoms with van der Waals surface area (Å²) in [5, 5.41) is 1.74. The first-order valence-electron chi connectivity index (χ1n) is 6.73. The molecule has 1 fully saturated rings. The molecule has 1 aliphatic heterocycles. The molecule has 3 nitrogen and oxygen atoms in total. The molecule has 0 spiro atoms. The van der Waals surface area contributed by atoms with E-state index in [1.165, 1.54) is 0 Å². The Bertz CT molecular complexity index is 540. The van der Waals surface area contributed by atoms with Crippen molar-refractivity contribution in [3.05, 3.63) is 35.4 Å². The number of hydrogen-bond acceptors (Lipinski definition) is 2. The summed E-state index contributed by atoms with van der Waals surface area (Å²) in [5.74, 6) is -3.57. The van der Waals surface area contributed by atoms with E-state index in [2.05, 4.69) is 0 Å². The van der Waals surface area contributed by atoms with Crippen molar-refractivity contribution in [2.75, 3.05) is 13.6 Å². The number of nitrogens with zero attached hydrogens (tertiary/aromatic N) is 1. The molecule has 122 valence electrons. The van der Waals surface area contributed by atoms with E-state index >= 15 is 0 Å². The van der Waals surface area contributed by atoms with E-state index in [4.69, 9.17) is 0 Å². The van der Waals surface area contributed by atoms with E-state index in [1.807, 2.05) is 0 Å². The van der Waals surface area contributed by atoms with Gasteiger partial charge in [-0.05, 0) is 38.6 Å². The van der Waals surface area contributed by atoms with Gasteiger partial charge in [0.25, 0.3) is 0 Å². The molecule has 1 heterocycles. The number of hydrogen-bond donors (Lipinski definition) is 1. The summed E-state index contributed by atoms with van der Waals surface area (Å²) < 4.78 is 66.7. The molecule has 1 amide bonds. The summed E-state index contributed by atoms with van der Waals surface area (Å²) in [5.41, 5.74) is -1.19. The molecule has 0 aromatic heterocycles. The van der Waals surface area contributed by atoms with Gasteiger partial charge in [-0.25, -0.2) is 8.78 Å². The fourth-order valence-electron chi connectivity index (χ4n) is 2.58. The van der Waals surface area contributed by atoms with Gasteiger partial charge in [0.1, 0.15) is 11.6 Å². The lowest BCUT2D eigenvalue weighted by atomic mass is 10.0. The number of alkyl halides is 3. The first-order chi connectivity index (χ1) is 10.2. The van der Waals surface area contributed by atoms with Crippen molar-refractivity contribution in [3.63, 3.8) is 0 Å². The second-order valence-electron chi connectivity index (χ2n) is 5.26. The molecule has 1 aromatic rings. The maximum Gasteiger partial charge on any atom is 0.413 e. The number of likely N-dealkylation sites (N-methyl/N-ethyl adjacent to an activating group) is 1. The van der Waals surface area contributed by atoms with Gasteiger partial charge in [-0.1, -0.05) is 6.07 Å². The predicted molar refractivity (Wildman–Crippen MR) is 68.9 cm³/mol. The average molecular weight is 322 g/mol. The van der Waals surface area contributed by atoms with Crippen LogP contribution in [0.1, 0.15) is 24.4 Å². The fourth-order valence-corrected chi connectivity index (χ4v) is 2.58. The largest absolute Gasteiger partial charge is 0.413 e. The Morgan fingerprint density at radius 2 is 1.91 bits per heavy atom. The third-order valence-electron chi connectivity index (χ3n) is 3.73. The van der Waals surface area contributed by atoms with Crippen molar-refractivity contribution >= 4 is 5.91 Å². The van der Waals surface area contributed by atoms with E-state index < -0.39 is 41.4 Å². The molecular weight excluding hydrogens is 307 g/mol. The zero-order valence-electron chi connectivity index (χ0n) is 11.8. The molecule has 1 N–H and O–H groups in total. The van der Waals surface area contributed by atoms with Crippen LogP contribution in [0.4, 0.5) is 22.0 Å². The molecule has 0 aliphatic carbocycles. The Morgan fingerprint density at radius 1 is 1.32 bits per heavy atom. The van der Waals surface area contributed by atoms with E-state index in [-0.39, 0.29) is 0 Å². The molecule has 22 heavy (non-hydrogen) atoms. The monoisotopic (exact) mass is 322 g/mol. The quantitative estimate of drug-likeness (QED) is 0.868. The summed E-state index contributed by atoms with van der Waals surface area (Å²) in [6, 6.07) is -1.01. The molecule has 0 unspecified atom stereocenters.